The van der Waals surface area contributed by atoms with E-state index in [1.807, 2.05) is 11.8 Å². The van der Waals surface area contributed by atoms with Gasteiger partial charge in [0.1, 0.15) is 5.82 Å². The van der Waals surface area contributed by atoms with Crippen molar-refractivity contribution >= 4 is 37.5 Å². The molecule has 1 aromatic carbocycles. The van der Waals surface area contributed by atoms with Crippen LogP contribution in [-0.4, -0.2) is 47.7 Å². The van der Waals surface area contributed by atoms with Crippen LogP contribution in [0.2, 0.25) is 0 Å². The highest BCUT2D eigenvalue weighted by atomic mass is 79.9. The van der Waals surface area contributed by atoms with Gasteiger partial charge in [0.05, 0.1) is 22.1 Å². The maximum absolute atomic E-state index is 13.6. The monoisotopic (exact) mass is 680 g/mol. The third-order valence-electron chi connectivity index (χ3n) is 6.39. The van der Waals surface area contributed by atoms with Crippen LogP contribution >= 0.6 is 15.9 Å². The molecule has 0 amide bonds. The van der Waals surface area contributed by atoms with Crippen LogP contribution < -0.4 is 9.80 Å². The second-order valence-corrected chi connectivity index (χ2v) is 13.0. The summed E-state index contributed by atoms with van der Waals surface area (Å²) < 4.78 is 106. The van der Waals surface area contributed by atoms with Crippen molar-refractivity contribution in [3.63, 3.8) is 0 Å². The molecule has 1 saturated carbocycles. The van der Waals surface area contributed by atoms with E-state index in [0.29, 0.717) is 53.4 Å². The molecule has 0 aliphatic heterocycles. The van der Waals surface area contributed by atoms with Gasteiger partial charge >= 0.3 is 12.4 Å². The molecule has 0 bridgehead atoms. The smallest absolute Gasteiger partial charge is 0.356 e. The Labute approximate surface area is 247 Å². The van der Waals surface area contributed by atoms with Gasteiger partial charge in [0.15, 0.2) is 0 Å². The molecule has 16 heteroatoms. The molecule has 0 radical (unpaired) electrons. The number of nitrogens with zero attached hydrogens (tertiary/aromatic N) is 6. The average molecular weight is 682 g/mol. The van der Waals surface area contributed by atoms with Crippen molar-refractivity contribution in [3.05, 3.63) is 63.5 Å². The van der Waals surface area contributed by atoms with Crippen molar-refractivity contribution in [2.75, 3.05) is 29.1 Å². The Kier molecular flexibility index (Phi) is 9.35. The van der Waals surface area contributed by atoms with Crippen molar-refractivity contribution in [3.8, 4) is 0 Å². The normalized spacial score (nSPS) is 14.2. The lowest BCUT2D eigenvalue weighted by atomic mass is 10.0. The number of aromatic nitrogens is 4. The van der Waals surface area contributed by atoms with Gasteiger partial charge in [-0.25, -0.2) is 28.4 Å². The summed E-state index contributed by atoms with van der Waals surface area (Å²) in [5.74, 6) is 0.741. The average Bonchev–Trinajstić information content (AvgIpc) is 3.71. The molecule has 0 atom stereocenters. The first-order chi connectivity index (χ1) is 19.5. The van der Waals surface area contributed by atoms with E-state index in [1.54, 1.807) is 0 Å². The Balaban J connectivity index is 1.81. The van der Waals surface area contributed by atoms with E-state index in [4.69, 9.17) is 0 Å². The molecule has 228 valence electrons. The summed E-state index contributed by atoms with van der Waals surface area (Å²) in [5, 5.41) is -0.391. The van der Waals surface area contributed by atoms with Crippen LogP contribution in [0.1, 0.15) is 48.4 Å². The van der Waals surface area contributed by atoms with Gasteiger partial charge in [-0.05, 0) is 64.9 Å². The number of benzene rings is 1. The van der Waals surface area contributed by atoms with Crippen molar-refractivity contribution in [1.29, 1.82) is 0 Å². The van der Waals surface area contributed by atoms with Crippen molar-refractivity contribution in [2.24, 2.45) is 5.92 Å². The zero-order valence-electron chi connectivity index (χ0n) is 22.5. The van der Waals surface area contributed by atoms with E-state index in [9.17, 15) is 34.8 Å². The third kappa shape index (κ3) is 8.30. The number of anilines is 2. The first-order valence-corrected chi connectivity index (χ1v) is 15.5. The second kappa shape index (κ2) is 12.3. The second-order valence-electron chi connectivity index (χ2n) is 10.1. The van der Waals surface area contributed by atoms with Gasteiger partial charge in [0.25, 0.3) is 0 Å². The molecule has 2 heterocycles. The SMILES string of the molecule is CCCN(CC1CC1)c1nc(S(C)(=O)=O)ncc1CN(Cc1cc(C(F)(F)F)cc(C(F)(F)F)c1)c1ncc(Br)cn1. The first-order valence-electron chi connectivity index (χ1n) is 12.9. The molecule has 8 nitrogen and oxygen atoms in total. The molecule has 1 aliphatic carbocycles. The zero-order chi connectivity index (χ0) is 30.9. The Morgan fingerprint density at radius 1 is 0.905 bits per heavy atom. The van der Waals surface area contributed by atoms with Gasteiger partial charge < -0.3 is 9.80 Å². The highest BCUT2D eigenvalue weighted by Crippen LogP contribution is 2.37. The van der Waals surface area contributed by atoms with Crippen molar-refractivity contribution in [1.82, 2.24) is 19.9 Å². The molecule has 4 rings (SSSR count). The first kappa shape index (κ1) is 31.9. The van der Waals surface area contributed by atoms with Gasteiger partial charge in [-0.1, -0.05) is 6.92 Å². The van der Waals surface area contributed by atoms with Crippen LogP contribution in [0.15, 0.2) is 46.4 Å². The Hall–Kier alpha value is -3.01. The summed E-state index contributed by atoms with van der Waals surface area (Å²) in [6.07, 6.45) is -2.22. The van der Waals surface area contributed by atoms with E-state index in [1.165, 1.54) is 23.5 Å². The summed E-state index contributed by atoms with van der Waals surface area (Å²) in [4.78, 5) is 20.1. The van der Waals surface area contributed by atoms with E-state index >= 15 is 0 Å². The third-order valence-corrected chi connectivity index (χ3v) is 7.66. The molecule has 0 N–H and O–H groups in total. The summed E-state index contributed by atoms with van der Waals surface area (Å²) in [6, 6.07) is 1.38. The topological polar surface area (TPSA) is 92.2 Å². The number of rotatable bonds is 11. The molecule has 0 spiro atoms. The van der Waals surface area contributed by atoms with E-state index < -0.39 is 45.0 Å². The summed E-state index contributed by atoms with van der Waals surface area (Å²) in [7, 11) is -3.78. The standard InChI is InChI=1S/C26H27BrF6N6O2S/c1-3-6-38(13-16-4-5-16)22-18(10-36-24(37-22)42(2,40)41)15-39(23-34-11-21(27)12-35-23)14-17-7-19(25(28,29)30)9-20(8-17)26(31,32)33/h7-12,16H,3-6,13-15H2,1-2H3. The van der Waals surface area contributed by atoms with Gasteiger partial charge in [-0.2, -0.15) is 26.3 Å². The quantitative estimate of drug-likeness (QED) is 0.172. The van der Waals surface area contributed by atoms with Gasteiger partial charge in [0, 0.05) is 50.0 Å². The molecule has 3 aromatic rings. The number of hydrogen-bond donors (Lipinski definition) is 0. The fraction of sp³-hybridized carbons (Fsp3) is 0.462. The molecule has 1 aliphatic rings. The molecule has 2 aromatic heterocycles. The van der Waals surface area contributed by atoms with Gasteiger partial charge in [0.2, 0.25) is 20.9 Å². The Bertz CT molecular complexity index is 1480. The van der Waals surface area contributed by atoms with Crippen LogP contribution in [0.4, 0.5) is 38.1 Å². The largest absolute Gasteiger partial charge is 0.416 e. The van der Waals surface area contributed by atoms with E-state index in [2.05, 4.69) is 35.9 Å². The van der Waals surface area contributed by atoms with Crippen molar-refractivity contribution < 1.29 is 34.8 Å². The van der Waals surface area contributed by atoms with Crippen LogP contribution in [0.3, 0.4) is 0 Å². The molecule has 42 heavy (non-hydrogen) atoms. The lowest BCUT2D eigenvalue weighted by Gasteiger charge is -2.29. The molecule has 0 saturated heterocycles. The van der Waals surface area contributed by atoms with Crippen molar-refractivity contribution in [2.45, 2.75) is 56.8 Å². The molecular weight excluding hydrogens is 654 g/mol. The minimum atomic E-state index is -5.01. The number of hydrogen-bond acceptors (Lipinski definition) is 8. The number of alkyl halides is 6. The van der Waals surface area contributed by atoms with Gasteiger partial charge in [-0.3, -0.25) is 0 Å². The summed E-state index contributed by atoms with van der Waals surface area (Å²) in [5.41, 5.74) is -2.75. The number of sulfone groups is 1. The van der Waals surface area contributed by atoms with Crippen LogP contribution in [0.25, 0.3) is 0 Å². The zero-order valence-corrected chi connectivity index (χ0v) is 24.9. The van der Waals surface area contributed by atoms with Crippen LogP contribution in [-0.2, 0) is 35.3 Å². The van der Waals surface area contributed by atoms with Gasteiger partial charge in [-0.15, -0.1) is 0 Å². The Morgan fingerprint density at radius 3 is 2.00 bits per heavy atom. The highest BCUT2D eigenvalue weighted by molar-refractivity contribution is 9.10. The van der Waals surface area contributed by atoms with Crippen LogP contribution in [0.5, 0.6) is 0 Å². The lowest BCUT2D eigenvalue weighted by Crippen LogP contribution is -2.31. The maximum atomic E-state index is 13.6. The van der Waals surface area contributed by atoms with Crippen LogP contribution in [0, 0.1) is 5.92 Å². The fourth-order valence-corrected chi connectivity index (χ4v) is 5.02. The van der Waals surface area contributed by atoms with E-state index in [-0.39, 0.29) is 24.1 Å². The number of halogens is 7. The van der Waals surface area contributed by atoms with E-state index in [0.717, 1.165) is 19.1 Å². The molecule has 1 fully saturated rings. The molecular formula is C26H27BrF6N6O2S. The minimum Gasteiger partial charge on any atom is -0.356 e. The summed E-state index contributed by atoms with van der Waals surface area (Å²) in [6.45, 7) is 2.54. The predicted molar refractivity (Wildman–Crippen MR) is 146 cm³/mol. The fourth-order valence-electron chi connectivity index (χ4n) is 4.31. The molecule has 0 unspecified atom stereocenters. The summed E-state index contributed by atoms with van der Waals surface area (Å²) >= 11 is 3.22. The lowest BCUT2D eigenvalue weighted by molar-refractivity contribution is -0.143. The Morgan fingerprint density at radius 2 is 1.50 bits per heavy atom. The minimum absolute atomic E-state index is 0.0199. The highest BCUT2D eigenvalue weighted by Gasteiger charge is 2.37. The maximum Gasteiger partial charge on any atom is 0.416 e. The predicted octanol–water partition coefficient (Wildman–Crippen LogP) is 6.30.